The van der Waals surface area contributed by atoms with E-state index in [9.17, 15) is 39.4 Å². The molecule has 2 heterocycles. The number of halogens is 3. The lowest BCUT2D eigenvalue weighted by Gasteiger charge is -2.12. The Bertz CT molecular complexity index is 1640. The minimum absolute atomic E-state index is 0.144. The molecule has 0 bridgehead atoms. The molecule has 0 saturated heterocycles. The Labute approximate surface area is 201 Å². The fourth-order valence-corrected chi connectivity index (χ4v) is 4.28. The van der Waals surface area contributed by atoms with E-state index in [2.05, 4.69) is 5.10 Å². The summed E-state index contributed by atoms with van der Waals surface area (Å²) in [5, 5.41) is 8.73. The Hall–Kier alpha value is -3.79. The highest BCUT2D eigenvalue weighted by Gasteiger charge is 2.47. The van der Waals surface area contributed by atoms with Crippen LogP contribution in [-0.4, -0.2) is 39.2 Å². The fraction of sp³-hybridized carbons (Fsp3) is 0.0476. The molecule has 188 valence electrons. The third-order valence-corrected chi connectivity index (χ3v) is 6.67. The lowest BCUT2D eigenvalue weighted by atomic mass is 10.1. The molecule has 0 saturated carbocycles. The third kappa shape index (κ3) is 5.08. The molecule has 15 heteroatoms. The summed E-state index contributed by atoms with van der Waals surface area (Å²) < 4.78 is 101. The molecule has 0 spiro atoms. The first-order valence-corrected chi connectivity index (χ1v) is 12.7. The second-order valence-corrected chi connectivity index (χ2v) is 10.3. The molecule has 4 rings (SSSR count). The van der Waals surface area contributed by atoms with Crippen molar-refractivity contribution in [1.82, 2.24) is 0 Å². The first-order chi connectivity index (χ1) is 16.6. The van der Waals surface area contributed by atoms with Crippen molar-refractivity contribution in [3.8, 4) is 11.3 Å². The van der Waals surface area contributed by atoms with E-state index in [-0.39, 0.29) is 22.1 Å². The summed E-state index contributed by atoms with van der Waals surface area (Å²) in [4.78, 5) is 12.1. The number of sulfonamides is 1. The van der Waals surface area contributed by atoms with Gasteiger partial charge in [-0.25, -0.2) is 13.6 Å². The number of primary sulfonamides is 1. The predicted octanol–water partition coefficient (Wildman–Crippen LogP) is 3.19. The second-order valence-electron chi connectivity index (χ2n) is 7.37. The van der Waals surface area contributed by atoms with Gasteiger partial charge >= 0.3 is 6.18 Å². The number of nitrogens with two attached hydrogens (primary N) is 1. The molecule has 1 aromatic heterocycles. The van der Waals surface area contributed by atoms with Crippen molar-refractivity contribution in [3.63, 3.8) is 0 Å². The fourth-order valence-electron chi connectivity index (χ4n) is 3.24. The summed E-state index contributed by atoms with van der Waals surface area (Å²) in [5.74, 6) is -1.20. The number of hydrazone groups is 1. The number of carbonyl (C=O) groups excluding carboxylic acids is 1. The Morgan fingerprint density at radius 2 is 1.64 bits per heavy atom. The summed E-state index contributed by atoms with van der Waals surface area (Å²) >= 11 is 0. The number of furan rings is 1. The minimum atomic E-state index is -5.05. The Balaban J connectivity index is 1.71. The van der Waals surface area contributed by atoms with E-state index in [4.69, 9.17) is 9.56 Å². The van der Waals surface area contributed by atoms with E-state index in [0.29, 0.717) is 10.6 Å². The summed E-state index contributed by atoms with van der Waals surface area (Å²) in [6.07, 6.45) is -4.22. The van der Waals surface area contributed by atoms with E-state index >= 15 is 0 Å². The van der Waals surface area contributed by atoms with Crippen LogP contribution in [0.2, 0.25) is 0 Å². The van der Waals surface area contributed by atoms with Gasteiger partial charge in [0.05, 0.1) is 21.1 Å². The van der Waals surface area contributed by atoms with Crippen LogP contribution < -0.4 is 10.1 Å². The maximum absolute atomic E-state index is 13.7. The van der Waals surface area contributed by atoms with Gasteiger partial charge in [0.25, 0.3) is 16.0 Å². The molecular formula is C21H14F3N3O7S2. The van der Waals surface area contributed by atoms with Gasteiger partial charge in [0, 0.05) is 5.56 Å². The average Bonchev–Trinajstić information content (AvgIpc) is 3.38. The van der Waals surface area contributed by atoms with Crippen LogP contribution in [0.1, 0.15) is 5.76 Å². The van der Waals surface area contributed by atoms with E-state index < -0.39 is 48.4 Å². The molecule has 3 aromatic rings. The van der Waals surface area contributed by atoms with Crippen molar-refractivity contribution < 1.29 is 43.8 Å². The molecule has 36 heavy (non-hydrogen) atoms. The third-order valence-electron chi connectivity index (χ3n) is 4.89. The second kappa shape index (κ2) is 8.70. The molecule has 1 aliphatic heterocycles. The molecule has 0 unspecified atom stereocenters. The van der Waals surface area contributed by atoms with Crippen LogP contribution in [0.15, 0.2) is 85.5 Å². The maximum Gasteiger partial charge on any atom is 0.435 e. The van der Waals surface area contributed by atoms with Crippen molar-refractivity contribution in [2.75, 3.05) is 5.01 Å². The van der Waals surface area contributed by atoms with Gasteiger partial charge in [-0.3, -0.25) is 9.35 Å². The molecule has 1 amide bonds. The molecule has 0 fully saturated rings. The standard InChI is InChI=1S/C21H14F3N3O7S2/c22-21(23,24)19-17(20(28)27(26-19)13-2-1-3-16(10-13)36(31,32)33)11-14-6-9-18(34-14)12-4-7-15(8-5-12)35(25,29)30/h1-11H,(H2,25,29,30)(H,31,32,33)/b17-11-. The molecule has 10 nitrogen and oxygen atoms in total. The molecule has 2 aromatic carbocycles. The predicted molar refractivity (Wildman–Crippen MR) is 121 cm³/mol. The van der Waals surface area contributed by atoms with Crippen LogP contribution in [-0.2, 0) is 24.9 Å². The smallest absolute Gasteiger partial charge is 0.435 e. The number of hydrogen-bond donors (Lipinski definition) is 2. The lowest BCUT2D eigenvalue weighted by Crippen LogP contribution is -2.25. The largest absolute Gasteiger partial charge is 0.457 e. The first-order valence-electron chi connectivity index (χ1n) is 9.67. The molecule has 3 N–H and O–H groups in total. The number of nitrogens with zero attached hydrogens (tertiary/aromatic N) is 2. The van der Waals surface area contributed by atoms with Gasteiger partial charge in [-0.2, -0.15) is 31.7 Å². The van der Waals surface area contributed by atoms with E-state index in [1.807, 2.05) is 0 Å². The molecule has 1 aliphatic rings. The molecular weight excluding hydrogens is 527 g/mol. The average molecular weight is 541 g/mol. The monoisotopic (exact) mass is 541 g/mol. The lowest BCUT2D eigenvalue weighted by molar-refractivity contribution is -0.114. The van der Waals surface area contributed by atoms with E-state index in [1.165, 1.54) is 36.4 Å². The molecule has 0 atom stereocenters. The zero-order valence-electron chi connectivity index (χ0n) is 17.7. The maximum atomic E-state index is 13.7. The van der Waals surface area contributed by atoms with Crippen LogP contribution in [0.5, 0.6) is 0 Å². The van der Waals surface area contributed by atoms with Gasteiger partial charge in [0.1, 0.15) is 11.5 Å². The van der Waals surface area contributed by atoms with Crippen molar-refractivity contribution in [2.24, 2.45) is 10.2 Å². The quantitative estimate of drug-likeness (QED) is 0.370. The van der Waals surface area contributed by atoms with Crippen LogP contribution in [0.4, 0.5) is 18.9 Å². The SMILES string of the molecule is NS(=O)(=O)c1ccc(-c2ccc(/C=C3\C(=O)N(c4cccc(S(=O)(=O)O)c4)N=C3C(F)(F)F)o2)cc1. The van der Waals surface area contributed by atoms with Crippen LogP contribution >= 0.6 is 0 Å². The molecule has 0 aliphatic carbocycles. The van der Waals surface area contributed by atoms with E-state index in [0.717, 1.165) is 30.3 Å². The van der Waals surface area contributed by atoms with Crippen LogP contribution in [0.25, 0.3) is 17.4 Å². The first kappa shape index (κ1) is 25.3. The zero-order chi connectivity index (χ0) is 26.5. The Morgan fingerprint density at radius 1 is 0.972 bits per heavy atom. The number of rotatable bonds is 5. The van der Waals surface area contributed by atoms with Crippen molar-refractivity contribution >= 4 is 43.5 Å². The van der Waals surface area contributed by atoms with E-state index in [1.54, 1.807) is 0 Å². The summed E-state index contributed by atoms with van der Waals surface area (Å²) in [6, 6.07) is 11.9. The van der Waals surface area contributed by atoms with Crippen LogP contribution in [0, 0.1) is 0 Å². The van der Waals surface area contributed by atoms with Crippen molar-refractivity contribution in [2.45, 2.75) is 16.0 Å². The zero-order valence-corrected chi connectivity index (χ0v) is 19.3. The number of hydrogen-bond acceptors (Lipinski definition) is 7. The number of amides is 1. The van der Waals surface area contributed by atoms with Crippen molar-refractivity contribution in [1.29, 1.82) is 0 Å². The summed E-state index contributed by atoms with van der Waals surface area (Å²) in [5.41, 5.74) is -2.35. The van der Waals surface area contributed by atoms with Crippen molar-refractivity contribution in [3.05, 3.63) is 72.0 Å². The number of benzene rings is 2. The topological polar surface area (TPSA) is 160 Å². The van der Waals surface area contributed by atoms with Crippen LogP contribution in [0.3, 0.4) is 0 Å². The Morgan fingerprint density at radius 3 is 2.22 bits per heavy atom. The highest BCUT2D eigenvalue weighted by molar-refractivity contribution is 7.89. The van der Waals surface area contributed by atoms with Gasteiger partial charge in [0.15, 0.2) is 5.71 Å². The number of anilines is 1. The summed E-state index contributed by atoms with van der Waals surface area (Å²) in [7, 11) is -8.62. The number of alkyl halides is 3. The van der Waals surface area contributed by atoms with Gasteiger partial charge < -0.3 is 4.42 Å². The van der Waals surface area contributed by atoms with Gasteiger partial charge in [-0.15, -0.1) is 0 Å². The Kier molecular flexibility index (Phi) is 6.12. The number of carbonyl (C=O) groups is 1. The van der Waals surface area contributed by atoms with Gasteiger partial charge in [-0.05, 0) is 60.7 Å². The summed E-state index contributed by atoms with van der Waals surface area (Å²) in [6.45, 7) is 0. The normalized spacial score (nSPS) is 16.0. The highest BCUT2D eigenvalue weighted by Crippen LogP contribution is 2.34. The van der Waals surface area contributed by atoms with Gasteiger partial charge in [-0.1, -0.05) is 6.07 Å². The van der Waals surface area contributed by atoms with Gasteiger partial charge in [0.2, 0.25) is 10.0 Å². The highest BCUT2D eigenvalue weighted by atomic mass is 32.2. The minimum Gasteiger partial charge on any atom is -0.457 e. The molecule has 0 radical (unpaired) electrons.